The molecule has 0 aliphatic heterocycles. The number of hydrogen-bond donors (Lipinski definition) is 0. The van der Waals surface area contributed by atoms with Crippen LogP contribution in [-0.4, -0.2) is 24.1 Å². The van der Waals surface area contributed by atoms with E-state index in [0.717, 1.165) is 81.0 Å². The second-order valence-electron chi connectivity index (χ2n) is 14.4. The zero-order valence-corrected chi connectivity index (χ0v) is 24.4. The molecule has 0 atom stereocenters. The zero-order valence-electron chi connectivity index (χ0n) is 24.4. The van der Waals surface area contributed by atoms with Gasteiger partial charge < -0.3 is 9.47 Å². The summed E-state index contributed by atoms with van der Waals surface area (Å²) in [7, 11) is 0. The van der Waals surface area contributed by atoms with E-state index in [4.69, 9.17) is 9.47 Å². The van der Waals surface area contributed by atoms with Crippen LogP contribution >= 0.6 is 0 Å². The third-order valence-corrected chi connectivity index (χ3v) is 11.8. The van der Waals surface area contributed by atoms with Gasteiger partial charge in [0, 0.05) is 0 Å². The molecular formula is C34H56O4. The lowest BCUT2D eigenvalue weighted by Gasteiger charge is -2.40. The number of carbonyl (C=O) groups is 2. The number of carbonyl (C=O) groups excluding carboxylic acids is 2. The van der Waals surface area contributed by atoms with Gasteiger partial charge in [0.1, 0.15) is 12.2 Å². The van der Waals surface area contributed by atoms with Crippen LogP contribution in [0.4, 0.5) is 0 Å². The summed E-state index contributed by atoms with van der Waals surface area (Å²) in [5.41, 5.74) is -0.583. The maximum atomic E-state index is 13.4. The van der Waals surface area contributed by atoms with E-state index in [9.17, 15) is 9.59 Å². The van der Waals surface area contributed by atoms with Crippen molar-refractivity contribution in [1.82, 2.24) is 0 Å². The van der Waals surface area contributed by atoms with Crippen LogP contribution in [0, 0.1) is 41.4 Å². The van der Waals surface area contributed by atoms with Gasteiger partial charge in [0.2, 0.25) is 0 Å². The van der Waals surface area contributed by atoms with Gasteiger partial charge in [0.15, 0.2) is 0 Å². The zero-order chi connectivity index (χ0) is 26.4. The predicted octanol–water partition coefficient (Wildman–Crippen LogP) is 8.80. The molecule has 0 amide bonds. The molecule has 0 N–H and O–H groups in total. The van der Waals surface area contributed by atoms with Crippen molar-refractivity contribution in [1.29, 1.82) is 0 Å². The maximum Gasteiger partial charge on any atom is 0.309 e. The largest absolute Gasteiger partial charge is 0.461 e. The lowest BCUT2D eigenvalue weighted by molar-refractivity contribution is -0.184. The van der Waals surface area contributed by atoms with Crippen molar-refractivity contribution in [3.63, 3.8) is 0 Å². The Balaban J connectivity index is 1.07. The summed E-state index contributed by atoms with van der Waals surface area (Å²) in [6.45, 7) is 2.67. The van der Waals surface area contributed by atoms with E-state index in [0.29, 0.717) is 0 Å². The molecule has 0 aromatic heterocycles. The van der Waals surface area contributed by atoms with Crippen molar-refractivity contribution >= 4 is 11.9 Å². The number of rotatable bonds is 7. The average molecular weight is 529 g/mol. The first-order valence-electron chi connectivity index (χ1n) is 16.9. The lowest BCUT2D eigenvalue weighted by Crippen LogP contribution is -2.45. The van der Waals surface area contributed by atoms with E-state index < -0.39 is 5.60 Å². The SMILES string of the molecule is CC1CCC(C2CCC(C(=O)OC3(COC(=O)C4CCC(C5CCCCC5)CC4)CCCCC3)CC2)CC1. The van der Waals surface area contributed by atoms with Crippen LogP contribution in [0.1, 0.15) is 148 Å². The smallest absolute Gasteiger partial charge is 0.309 e. The Morgan fingerprint density at radius 2 is 1.00 bits per heavy atom. The Morgan fingerprint density at radius 3 is 1.55 bits per heavy atom. The molecule has 5 rings (SSSR count). The fraction of sp³-hybridized carbons (Fsp3) is 0.941. The Morgan fingerprint density at radius 1 is 0.553 bits per heavy atom. The van der Waals surface area contributed by atoms with Crippen LogP contribution in [-0.2, 0) is 19.1 Å². The summed E-state index contributed by atoms with van der Waals surface area (Å²) in [6, 6.07) is 0. The maximum absolute atomic E-state index is 13.4. The molecule has 216 valence electrons. The molecule has 0 heterocycles. The summed E-state index contributed by atoms with van der Waals surface area (Å²) in [5.74, 6) is 4.35. The van der Waals surface area contributed by atoms with E-state index in [1.165, 1.54) is 89.9 Å². The monoisotopic (exact) mass is 528 g/mol. The molecule has 5 aliphatic rings. The molecule has 5 saturated carbocycles. The van der Waals surface area contributed by atoms with Crippen molar-refractivity contribution in [2.45, 2.75) is 154 Å². The first kappa shape index (κ1) is 28.5. The molecule has 0 bridgehead atoms. The summed E-state index contributed by atoms with van der Waals surface area (Å²) in [4.78, 5) is 26.5. The van der Waals surface area contributed by atoms with E-state index in [1.807, 2.05) is 0 Å². The van der Waals surface area contributed by atoms with E-state index >= 15 is 0 Å². The van der Waals surface area contributed by atoms with Crippen LogP contribution in [0.15, 0.2) is 0 Å². The van der Waals surface area contributed by atoms with E-state index in [1.54, 1.807) is 0 Å². The van der Waals surface area contributed by atoms with Gasteiger partial charge in [-0.2, -0.15) is 0 Å². The number of hydrogen-bond acceptors (Lipinski definition) is 4. The summed E-state index contributed by atoms with van der Waals surface area (Å²) >= 11 is 0. The van der Waals surface area contributed by atoms with Crippen LogP contribution in [0.5, 0.6) is 0 Å². The van der Waals surface area contributed by atoms with Crippen molar-refractivity contribution in [3.05, 3.63) is 0 Å². The fourth-order valence-electron chi connectivity index (χ4n) is 9.10. The van der Waals surface area contributed by atoms with Gasteiger partial charge in [-0.3, -0.25) is 9.59 Å². The molecule has 38 heavy (non-hydrogen) atoms. The fourth-order valence-corrected chi connectivity index (χ4v) is 9.10. The minimum atomic E-state index is -0.583. The van der Waals surface area contributed by atoms with Crippen molar-refractivity contribution in [2.75, 3.05) is 6.61 Å². The summed E-state index contributed by atoms with van der Waals surface area (Å²) in [5, 5.41) is 0. The normalized spacial score (nSPS) is 36.8. The molecule has 4 heteroatoms. The second-order valence-corrected chi connectivity index (χ2v) is 14.4. The third-order valence-electron chi connectivity index (χ3n) is 11.8. The highest BCUT2D eigenvalue weighted by molar-refractivity contribution is 5.74. The molecule has 5 fully saturated rings. The standard InChI is InChI=1S/C34H56O4/c1-25-10-12-27(13-11-25)29-16-20-31(21-17-29)33(36)38-34(22-6-3-7-23-34)24-37-32(35)30-18-14-28(15-19-30)26-8-4-2-5-9-26/h25-31H,2-24H2,1H3. The van der Waals surface area contributed by atoms with Gasteiger partial charge in [-0.25, -0.2) is 0 Å². The summed E-state index contributed by atoms with van der Waals surface area (Å²) in [6.07, 6.45) is 26.2. The molecular weight excluding hydrogens is 472 g/mol. The predicted molar refractivity (Wildman–Crippen MR) is 151 cm³/mol. The highest BCUT2D eigenvalue weighted by atomic mass is 16.6. The molecule has 0 radical (unpaired) electrons. The van der Waals surface area contributed by atoms with Crippen molar-refractivity contribution in [3.8, 4) is 0 Å². The highest BCUT2D eigenvalue weighted by Gasteiger charge is 2.41. The van der Waals surface area contributed by atoms with Crippen LogP contribution in [0.2, 0.25) is 0 Å². The topological polar surface area (TPSA) is 52.6 Å². The molecule has 0 aromatic rings. The van der Waals surface area contributed by atoms with E-state index in [-0.39, 0.29) is 30.4 Å². The van der Waals surface area contributed by atoms with Gasteiger partial charge in [-0.1, -0.05) is 58.3 Å². The molecule has 4 nitrogen and oxygen atoms in total. The molecule has 0 saturated heterocycles. The van der Waals surface area contributed by atoms with Gasteiger partial charge in [0.25, 0.3) is 0 Å². The minimum Gasteiger partial charge on any atom is -0.461 e. The molecule has 0 unspecified atom stereocenters. The van der Waals surface area contributed by atoms with Crippen LogP contribution in [0.3, 0.4) is 0 Å². The van der Waals surface area contributed by atoms with Crippen molar-refractivity contribution in [2.24, 2.45) is 41.4 Å². The van der Waals surface area contributed by atoms with Gasteiger partial charge in [-0.05, 0) is 119 Å². The molecule has 0 aromatic carbocycles. The van der Waals surface area contributed by atoms with Gasteiger partial charge in [0.05, 0.1) is 11.8 Å². The Labute approximate surface area is 232 Å². The minimum absolute atomic E-state index is 0.00773. The van der Waals surface area contributed by atoms with Crippen LogP contribution in [0.25, 0.3) is 0 Å². The molecule has 0 spiro atoms. The second kappa shape index (κ2) is 13.5. The Bertz CT molecular complexity index is 740. The quantitative estimate of drug-likeness (QED) is 0.310. The first-order valence-corrected chi connectivity index (χ1v) is 16.9. The lowest BCUT2D eigenvalue weighted by atomic mass is 9.69. The Hall–Kier alpha value is -1.06. The van der Waals surface area contributed by atoms with Gasteiger partial charge in [-0.15, -0.1) is 0 Å². The summed E-state index contributed by atoms with van der Waals surface area (Å²) < 4.78 is 12.3. The first-order chi connectivity index (χ1) is 18.5. The molecule has 5 aliphatic carbocycles. The van der Waals surface area contributed by atoms with Crippen molar-refractivity contribution < 1.29 is 19.1 Å². The van der Waals surface area contributed by atoms with Gasteiger partial charge >= 0.3 is 11.9 Å². The third kappa shape index (κ3) is 7.36. The highest BCUT2D eigenvalue weighted by Crippen LogP contribution is 2.43. The average Bonchev–Trinajstić information content (AvgIpc) is 2.97. The van der Waals surface area contributed by atoms with E-state index in [2.05, 4.69) is 6.92 Å². The number of esters is 2. The number of ether oxygens (including phenoxy) is 2. The Kier molecular flexibility index (Phi) is 10.1. The van der Waals surface area contributed by atoms with Crippen LogP contribution < -0.4 is 0 Å².